The molecule has 1 rings (SSSR count). The van der Waals surface area contributed by atoms with Crippen LogP contribution in [0.3, 0.4) is 0 Å². The van der Waals surface area contributed by atoms with Gasteiger partial charge in [0.15, 0.2) is 0 Å². The molecular weight excluding hydrogens is 206 g/mol. The van der Waals surface area contributed by atoms with Gasteiger partial charge in [-0.3, -0.25) is 4.79 Å². The Morgan fingerprint density at radius 2 is 2.19 bits per heavy atom. The number of hydrogen-bond donors (Lipinski definition) is 1. The van der Waals surface area contributed by atoms with Gasteiger partial charge in [0.05, 0.1) is 18.0 Å². The van der Waals surface area contributed by atoms with Gasteiger partial charge in [0.25, 0.3) is 0 Å². The Morgan fingerprint density at radius 3 is 2.69 bits per heavy atom. The summed E-state index contributed by atoms with van der Waals surface area (Å²) in [6.07, 6.45) is 1.48. The Hall–Kier alpha value is -1.12. The van der Waals surface area contributed by atoms with Crippen molar-refractivity contribution < 1.29 is 9.53 Å². The van der Waals surface area contributed by atoms with Crippen LogP contribution in [0, 0.1) is 11.3 Å². The Labute approximate surface area is 96.2 Å². The van der Waals surface area contributed by atoms with Gasteiger partial charge in [-0.1, -0.05) is 0 Å². The monoisotopic (exact) mass is 225 g/mol. The van der Waals surface area contributed by atoms with Crippen molar-refractivity contribution in [3.8, 4) is 6.07 Å². The fourth-order valence-corrected chi connectivity index (χ4v) is 1.85. The first-order valence-corrected chi connectivity index (χ1v) is 5.67. The summed E-state index contributed by atoms with van der Waals surface area (Å²) in [5.74, 6) is -0.0476. The highest BCUT2D eigenvalue weighted by molar-refractivity contribution is 5.86. The van der Waals surface area contributed by atoms with E-state index in [1.165, 1.54) is 0 Å². The first kappa shape index (κ1) is 12.9. The Bertz CT molecular complexity index is 279. The minimum atomic E-state index is -0.788. The fraction of sp³-hybridized carbons (Fsp3) is 0.818. The molecule has 5 nitrogen and oxygen atoms in total. The second kappa shape index (κ2) is 5.83. The topological polar surface area (TPSA) is 79.4 Å². The van der Waals surface area contributed by atoms with Crippen LogP contribution < -0.4 is 5.73 Å². The molecule has 16 heavy (non-hydrogen) atoms. The first-order valence-electron chi connectivity index (χ1n) is 5.67. The van der Waals surface area contributed by atoms with Crippen LogP contribution in [0.1, 0.15) is 26.2 Å². The van der Waals surface area contributed by atoms with Crippen molar-refractivity contribution >= 4 is 5.91 Å². The van der Waals surface area contributed by atoms with E-state index in [0.717, 1.165) is 0 Å². The van der Waals surface area contributed by atoms with Gasteiger partial charge < -0.3 is 15.4 Å². The van der Waals surface area contributed by atoms with Crippen LogP contribution in [0.2, 0.25) is 0 Å². The molecule has 0 radical (unpaired) electrons. The second-order valence-electron chi connectivity index (χ2n) is 4.06. The molecule has 90 valence electrons. The highest BCUT2D eigenvalue weighted by Crippen LogP contribution is 2.20. The summed E-state index contributed by atoms with van der Waals surface area (Å²) in [7, 11) is 0. The highest BCUT2D eigenvalue weighted by Gasteiger charge is 2.38. The van der Waals surface area contributed by atoms with Crippen molar-refractivity contribution in [3.05, 3.63) is 0 Å². The van der Waals surface area contributed by atoms with Gasteiger partial charge in [0.1, 0.15) is 0 Å². The largest absolute Gasteiger partial charge is 0.381 e. The Kier molecular flexibility index (Phi) is 4.71. The van der Waals surface area contributed by atoms with Gasteiger partial charge in [-0.15, -0.1) is 0 Å². The molecule has 5 heteroatoms. The zero-order valence-electron chi connectivity index (χ0n) is 9.74. The molecule has 0 aliphatic carbocycles. The maximum Gasteiger partial charge on any atom is 0.242 e. The first-order chi connectivity index (χ1) is 7.64. The third-order valence-corrected chi connectivity index (χ3v) is 2.97. The van der Waals surface area contributed by atoms with Gasteiger partial charge in [-0.05, 0) is 19.8 Å². The maximum atomic E-state index is 12.2. The van der Waals surface area contributed by atoms with Crippen molar-refractivity contribution in [2.45, 2.75) is 31.7 Å². The van der Waals surface area contributed by atoms with E-state index < -0.39 is 5.54 Å². The van der Waals surface area contributed by atoms with Gasteiger partial charge in [0.2, 0.25) is 5.91 Å². The van der Waals surface area contributed by atoms with Gasteiger partial charge in [-0.25, -0.2) is 0 Å². The Morgan fingerprint density at radius 1 is 1.56 bits per heavy atom. The van der Waals surface area contributed by atoms with Crippen molar-refractivity contribution in [1.82, 2.24) is 4.90 Å². The molecule has 1 aliphatic heterocycles. The third-order valence-electron chi connectivity index (χ3n) is 2.97. The lowest BCUT2D eigenvalue weighted by molar-refractivity contribution is -0.140. The highest BCUT2D eigenvalue weighted by atomic mass is 16.5. The van der Waals surface area contributed by atoms with E-state index in [1.807, 2.05) is 13.0 Å². The molecule has 0 saturated carbocycles. The number of nitrogens with two attached hydrogens (primary N) is 1. The summed E-state index contributed by atoms with van der Waals surface area (Å²) in [5.41, 5.74) is 5.31. The molecule has 1 heterocycles. The summed E-state index contributed by atoms with van der Waals surface area (Å²) in [4.78, 5) is 13.9. The summed E-state index contributed by atoms with van der Waals surface area (Å²) < 4.78 is 5.21. The van der Waals surface area contributed by atoms with E-state index in [0.29, 0.717) is 45.6 Å². The van der Waals surface area contributed by atoms with Crippen molar-refractivity contribution in [3.63, 3.8) is 0 Å². The van der Waals surface area contributed by atoms with Gasteiger partial charge >= 0.3 is 0 Å². The minimum absolute atomic E-state index is 0.0476. The molecule has 0 unspecified atom stereocenters. The zero-order valence-corrected chi connectivity index (χ0v) is 9.74. The molecule has 1 fully saturated rings. The lowest BCUT2D eigenvalue weighted by atomic mass is 9.89. The molecule has 1 amide bonds. The van der Waals surface area contributed by atoms with E-state index in [-0.39, 0.29) is 5.91 Å². The summed E-state index contributed by atoms with van der Waals surface area (Å²) in [6, 6.07) is 2.04. The zero-order chi connectivity index (χ0) is 12.0. The quantitative estimate of drug-likeness (QED) is 0.744. The lowest BCUT2D eigenvalue weighted by Crippen LogP contribution is -2.58. The van der Waals surface area contributed by atoms with Crippen molar-refractivity contribution in [2.24, 2.45) is 5.73 Å². The van der Waals surface area contributed by atoms with E-state index in [1.54, 1.807) is 4.90 Å². The van der Waals surface area contributed by atoms with Crippen LogP contribution in [0.15, 0.2) is 0 Å². The number of amides is 1. The molecule has 0 aromatic heterocycles. The number of nitriles is 1. The number of carbonyl (C=O) groups excluding carboxylic acids is 1. The minimum Gasteiger partial charge on any atom is -0.381 e. The van der Waals surface area contributed by atoms with E-state index in [2.05, 4.69) is 0 Å². The molecule has 2 N–H and O–H groups in total. The molecule has 0 atom stereocenters. The average Bonchev–Trinajstić information content (AvgIpc) is 2.31. The van der Waals surface area contributed by atoms with E-state index >= 15 is 0 Å². The van der Waals surface area contributed by atoms with Crippen molar-refractivity contribution in [1.29, 1.82) is 5.26 Å². The molecule has 0 bridgehead atoms. The SMILES string of the molecule is CCN(CCC#N)C(=O)C1(N)CCOCC1. The fourth-order valence-electron chi connectivity index (χ4n) is 1.85. The van der Waals surface area contributed by atoms with Gasteiger partial charge in [-0.2, -0.15) is 5.26 Å². The summed E-state index contributed by atoms with van der Waals surface area (Å²) in [5, 5.41) is 8.53. The summed E-state index contributed by atoms with van der Waals surface area (Å²) >= 11 is 0. The standard InChI is InChI=1S/C11H19N3O2/c1-2-14(7-3-6-12)10(15)11(13)4-8-16-9-5-11/h2-5,7-9,13H2,1H3. The van der Waals surface area contributed by atoms with E-state index in [9.17, 15) is 4.79 Å². The molecule has 0 spiro atoms. The normalized spacial score (nSPS) is 18.8. The van der Waals surface area contributed by atoms with Crippen LogP contribution in [0.25, 0.3) is 0 Å². The maximum absolute atomic E-state index is 12.2. The molecule has 1 aliphatic rings. The van der Waals surface area contributed by atoms with Crippen LogP contribution in [-0.2, 0) is 9.53 Å². The summed E-state index contributed by atoms with van der Waals surface area (Å²) in [6.45, 7) is 4.04. The van der Waals surface area contributed by atoms with Crippen LogP contribution in [0.5, 0.6) is 0 Å². The predicted molar refractivity (Wildman–Crippen MR) is 59.5 cm³/mol. The third kappa shape index (κ3) is 2.94. The predicted octanol–water partition coefficient (Wildman–Crippen LogP) is 0.256. The molecule has 0 aromatic rings. The molecular formula is C11H19N3O2. The second-order valence-corrected chi connectivity index (χ2v) is 4.06. The molecule has 1 saturated heterocycles. The van der Waals surface area contributed by atoms with Crippen molar-refractivity contribution in [2.75, 3.05) is 26.3 Å². The van der Waals surface area contributed by atoms with Gasteiger partial charge in [0, 0.05) is 26.3 Å². The van der Waals surface area contributed by atoms with Crippen LogP contribution in [-0.4, -0.2) is 42.6 Å². The number of hydrogen-bond acceptors (Lipinski definition) is 4. The number of carbonyl (C=O) groups is 1. The smallest absolute Gasteiger partial charge is 0.242 e. The number of rotatable bonds is 4. The molecule has 0 aromatic carbocycles. The van der Waals surface area contributed by atoms with Crippen LogP contribution in [0.4, 0.5) is 0 Å². The van der Waals surface area contributed by atoms with Crippen LogP contribution >= 0.6 is 0 Å². The average molecular weight is 225 g/mol. The lowest BCUT2D eigenvalue weighted by Gasteiger charge is -2.36. The number of likely N-dealkylation sites (N-methyl/N-ethyl adjacent to an activating group) is 1. The van der Waals surface area contributed by atoms with E-state index in [4.69, 9.17) is 15.7 Å². The Balaban J connectivity index is 2.62. The number of nitrogens with zero attached hydrogens (tertiary/aromatic N) is 2. The number of ether oxygens (including phenoxy) is 1.